The van der Waals surface area contributed by atoms with E-state index in [1.807, 2.05) is 0 Å². The first-order valence-corrected chi connectivity index (χ1v) is 7.13. The van der Waals surface area contributed by atoms with Gasteiger partial charge in [-0.1, -0.05) is 15.9 Å². The van der Waals surface area contributed by atoms with Crippen LogP contribution in [0.5, 0.6) is 11.5 Å². The molecule has 0 spiro atoms. The Bertz CT molecular complexity index is 468. The summed E-state index contributed by atoms with van der Waals surface area (Å²) in [5.74, 6) is -0.0327. The van der Waals surface area contributed by atoms with Gasteiger partial charge in [0.1, 0.15) is 6.04 Å². The monoisotopic (exact) mass is 350 g/mol. The van der Waals surface area contributed by atoms with Crippen molar-refractivity contribution in [3.63, 3.8) is 0 Å². The molecule has 1 aliphatic rings. The smallest absolute Gasteiger partial charge is 0.258 e. The number of phenolic OH excluding ortho intramolecular Hbond substituents is 1. The van der Waals surface area contributed by atoms with Gasteiger partial charge in [-0.15, -0.1) is 0 Å². The van der Waals surface area contributed by atoms with E-state index in [4.69, 9.17) is 4.74 Å². The van der Waals surface area contributed by atoms with Crippen LogP contribution >= 0.6 is 15.9 Å². The van der Waals surface area contributed by atoms with Crippen LogP contribution in [-0.4, -0.2) is 49.7 Å². The summed E-state index contributed by atoms with van der Waals surface area (Å²) in [7, 11) is 1.40. The Morgan fingerprint density at radius 2 is 2.00 bits per heavy atom. The van der Waals surface area contributed by atoms with Gasteiger partial charge in [-0.05, 0) is 12.1 Å². The number of rotatable bonds is 4. The molecule has 0 bridgehead atoms. The van der Waals surface area contributed by atoms with Crippen LogP contribution < -0.4 is 10.1 Å². The van der Waals surface area contributed by atoms with Gasteiger partial charge in [0.25, 0.3) is 6.43 Å². The van der Waals surface area contributed by atoms with E-state index in [2.05, 4.69) is 21.2 Å². The molecule has 1 saturated heterocycles. The van der Waals surface area contributed by atoms with Crippen LogP contribution in [-0.2, 0) is 0 Å². The van der Waals surface area contributed by atoms with Crippen molar-refractivity contribution in [2.75, 3.05) is 33.3 Å². The molecule has 0 radical (unpaired) electrons. The average molecular weight is 351 g/mol. The van der Waals surface area contributed by atoms with Gasteiger partial charge >= 0.3 is 0 Å². The third kappa shape index (κ3) is 3.21. The number of hydrogen-bond acceptors (Lipinski definition) is 4. The van der Waals surface area contributed by atoms with Crippen molar-refractivity contribution in [1.82, 2.24) is 10.2 Å². The van der Waals surface area contributed by atoms with E-state index in [1.54, 1.807) is 11.0 Å². The number of benzene rings is 1. The number of phenols is 1. The van der Waals surface area contributed by atoms with Gasteiger partial charge in [0.05, 0.1) is 7.11 Å². The zero-order valence-electron chi connectivity index (χ0n) is 11.1. The molecule has 0 aromatic heterocycles. The largest absolute Gasteiger partial charge is 0.504 e. The van der Waals surface area contributed by atoms with Crippen LogP contribution in [0, 0.1) is 0 Å². The highest BCUT2D eigenvalue weighted by Crippen LogP contribution is 2.41. The standard InChI is InChI=1S/C13H17BrF2N2O2/c1-20-10-7-8(14)6-9(12(10)19)11(13(15)16)18-4-2-17-3-5-18/h6-7,11,13,17,19H,2-5H2,1H3/t11-/m0/s1. The van der Waals surface area contributed by atoms with Crippen molar-refractivity contribution < 1.29 is 18.6 Å². The maximum absolute atomic E-state index is 13.5. The van der Waals surface area contributed by atoms with Crippen LogP contribution in [0.4, 0.5) is 8.78 Å². The fraction of sp³-hybridized carbons (Fsp3) is 0.538. The SMILES string of the molecule is COc1cc(Br)cc([C@@H](C(F)F)N2CCNCC2)c1O. The molecule has 20 heavy (non-hydrogen) atoms. The van der Waals surface area contributed by atoms with Gasteiger partial charge in [0, 0.05) is 36.2 Å². The Morgan fingerprint density at radius 1 is 1.35 bits per heavy atom. The van der Waals surface area contributed by atoms with Crippen LogP contribution in [0.3, 0.4) is 0 Å². The minimum Gasteiger partial charge on any atom is -0.504 e. The van der Waals surface area contributed by atoms with E-state index in [1.165, 1.54) is 13.2 Å². The quantitative estimate of drug-likeness (QED) is 0.874. The number of nitrogens with one attached hydrogen (secondary N) is 1. The van der Waals surface area contributed by atoms with Crippen LogP contribution in [0.1, 0.15) is 11.6 Å². The van der Waals surface area contributed by atoms with Gasteiger partial charge < -0.3 is 15.2 Å². The maximum atomic E-state index is 13.5. The third-order valence-electron chi connectivity index (χ3n) is 3.39. The van der Waals surface area contributed by atoms with Crippen molar-refractivity contribution >= 4 is 15.9 Å². The number of piperazine rings is 1. The lowest BCUT2D eigenvalue weighted by Gasteiger charge is -2.35. The molecule has 0 saturated carbocycles. The number of methoxy groups -OCH3 is 1. The number of hydrogen-bond donors (Lipinski definition) is 2. The summed E-state index contributed by atoms with van der Waals surface area (Å²) in [6.45, 7) is 2.36. The van der Waals surface area contributed by atoms with Gasteiger partial charge in [0.2, 0.25) is 0 Å². The fourth-order valence-electron chi connectivity index (χ4n) is 2.43. The fourth-order valence-corrected chi connectivity index (χ4v) is 2.88. The molecule has 0 unspecified atom stereocenters. The lowest BCUT2D eigenvalue weighted by Crippen LogP contribution is -2.46. The second-order valence-corrected chi connectivity index (χ2v) is 5.53. The van der Waals surface area contributed by atoms with Crippen molar-refractivity contribution in [2.24, 2.45) is 0 Å². The molecular formula is C13H17BrF2N2O2. The number of aromatic hydroxyl groups is 1. The highest BCUT2D eigenvalue weighted by atomic mass is 79.9. The molecule has 0 amide bonds. The number of nitrogens with zero attached hydrogens (tertiary/aromatic N) is 1. The van der Waals surface area contributed by atoms with E-state index in [0.717, 1.165) is 0 Å². The number of ether oxygens (including phenoxy) is 1. The first kappa shape index (κ1) is 15.5. The molecule has 4 nitrogen and oxygen atoms in total. The minimum absolute atomic E-state index is 0.188. The summed E-state index contributed by atoms with van der Waals surface area (Å²) in [4.78, 5) is 1.68. The summed E-state index contributed by atoms with van der Waals surface area (Å²) in [5.41, 5.74) is 0.188. The van der Waals surface area contributed by atoms with E-state index in [9.17, 15) is 13.9 Å². The Balaban J connectivity index is 2.40. The molecule has 2 rings (SSSR count). The number of alkyl halides is 2. The summed E-state index contributed by atoms with van der Waals surface area (Å²) in [5, 5.41) is 13.3. The highest BCUT2D eigenvalue weighted by molar-refractivity contribution is 9.10. The minimum atomic E-state index is -2.59. The van der Waals surface area contributed by atoms with E-state index >= 15 is 0 Å². The van der Waals surface area contributed by atoms with E-state index in [-0.39, 0.29) is 17.1 Å². The summed E-state index contributed by atoms with van der Waals surface area (Å²) in [6, 6.07) is 1.94. The van der Waals surface area contributed by atoms with Gasteiger partial charge in [0.15, 0.2) is 11.5 Å². The Labute approximate surface area is 124 Å². The molecule has 1 atom stereocenters. The third-order valence-corrected chi connectivity index (χ3v) is 3.85. The lowest BCUT2D eigenvalue weighted by molar-refractivity contribution is 0.0168. The first-order valence-electron chi connectivity index (χ1n) is 6.34. The molecule has 1 aliphatic heterocycles. The molecule has 1 heterocycles. The normalized spacial score (nSPS) is 18.2. The van der Waals surface area contributed by atoms with Crippen molar-refractivity contribution in [3.8, 4) is 11.5 Å². The molecule has 0 aliphatic carbocycles. The second kappa shape index (κ2) is 6.69. The topological polar surface area (TPSA) is 44.7 Å². The Morgan fingerprint density at radius 3 is 2.55 bits per heavy atom. The predicted octanol–water partition coefficient (Wildman–Crippen LogP) is 2.37. The zero-order valence-corrected chi connectivity index (χ0v) is 12.7. The van der Waals surface area contributed by atoms with Gasteiger partial charge in [-0.25, -0.2) is 8.78 Å². The van der Waals surface area contributed by atoms with E-state index in [0.29, 0.717) is 30.7 Å². The second-order valence-electron chi connectivity index (χ2n) is 4.61. The van der Waals surface area contributed by atoms with Crippen molar-refractivity contribution in [3.05, 3.63) is 22.2 Å². The molecule has 1 aromatic carbocycles. The highest BCUT2D eigenvalue weighted by Gasteiger charge is 2.33. The average Bonchev–Trinajstić information content (AvgIpc) is 2.43. The molecule has 1 aromatic rings. The van der Waals surface area contributed by atoms with Crippen molar-refractivity contribution in [1.29, 1.82) is 0 Å². The van der Waals surface area contributed by atoms with Crippen molar-refractivity contribution in [2.45, 2.75) is 12.5 Å². The van der Waals surface area contributed by atoms with Crippen LogP contribution in [0.15, 0.2) is 16.6 Å². The Hall–Kier alpha value is -0.920. The summed E-state index contributed by atoms with van der Waals surface area (Å²) in [6.07, 6.45) is -2.59. The first-order chi connectivity index (χ1) is 9.54. The van der Waals surface area contributed by atoms with Gasteiger partial charge in [-0.2, -0.15) is 0 Å². The summed E-state index contributed by atoms with van der Waals surface area (Å²) >= 11 is 3.26. The summed E-state index contributed by atoms with van der Waals surface area (Å²) < 4.78 is 32.6. The Kier molecular flexibility index (Phi) is 5.17. The molecule has 2 N–H and O–H groups in total. The predicted molar refractivity (Wildman–Crippen MR) is 75.5 cm³/mol. The van der Waals surface area contributed by atoms with E-state index < -0.39 is 12.5 Å². The zero-order chi connectivity index (χ0) is 14.7. The lowest BCUT2D eigenvalue weighted by atomic mass is 10.0. The maximum Gasteiger partial charge on any atom is 0.258 e. The molecule has 7 heteroatoms. The van der Waals surface area contributed by atoms with Crippen LogP contribution in [0.2, 0.25) is 0 Å². The molecule has 1 fully saturated rings. The number of halogens is 3. The van der Waals surface area contributed by atoms with Crippen LogP contribution in [0.25, 0.3) is 0 Å². The molecule has 112 valence electrons. The molecular weight excluding hydrogens is 334 g/mol. The van der Waals surface area contributed by atoms with Gasteiger partial charge in [-0.3, -0.25) is 4.90 Å².